The van der Waals surface area contributed by atoms with Crippen LogP contribution in [0.2, 0.25) is 0 Å². The van der Waals surface area contributed by atoms with E-state index in [-0.39, 0.29) is 5.78 Å². The van der Waals surface area contributed by atoms with Crippen LogP contribution in [0.15, 0.2) is 109 Å². The van der Waals surface area contributed by atoms with Gasteiger partial charge in [-0.05, 0) is 46.0 Å². The fraction of sp³-hybridized carbons (Fsp3) is 0.0333. The Morgan fingerprint density at radius 2 is 1.48 bits per heavy atom. The number of hydrogen-bond acceptors (Lipinski definition) is 3. The molecule has 160 valence electrons. The van der Waals surface area contributed by atoms with Crippen LogP contribution in [-0.2, 0) is 6.61 Å². The summed E-state index contributed by atoms with van der Waals surface area (Å²) in [4.78, 5) is 12.8. The predicted molar refractivity (Wildman–Crippen MR) is 132 cm³/mol. The average Bonchev–Trinajstić information content (AvgIpc) is 3.18. The van der Waals surface area contributed by atoms with Crippen molar-refractivity contribution < 1.29 is 14.3 Å². The maximum Gasteiger partial charge on any atom is 0.231 e. The molecule has 0 saturated carbocycles. The van der Waals surface area contributed by atoms with E-state index in [1.165, 1.54) is 0 Å². The lowest BCUT2D eigenvalue weighted by atomic mass is 10.0. The molecule has 0 aromatic heterocycles. The van der Waals surface area contributed by atoms with Crippen LogP contribution in [0, 0.1) is 0 Å². The molecule has 5 rings (SSSR count). The molecule has 33 heavy (non-hydrogen) atoms. The number of fused-ring (bicyclic) bond motifs is 1. The normalized spacial score (nSPS) is 13.5. The highest BCUT2D eigenvalue weighted by molar-refractivity contribution is 6.14. The van der Waals surface area contributed by atoms with Crippen molar-refractivity contribution in [2.75, 3.05) is 0 Å². The number of ketones is 1. The number of rotatable bonds is 6. The molecule has 0 radical (unpaired) electrons. The van der Waals surface area contributed by atoms with E-state index >= 15 is 0 Å². The summed E-state index contributed by atoms with van der Waals surface area (Å²) >= 11 is 0. The van der Waals surface area contributed by atoms with Crippen LogP contribution in [0.1, 0.15) is 27.0 Å². The van der Waals surface area contributed by atoms with Gasteiger partial charge in [0, 0.05) is 6.07 Å². The van der Waals surface area contributed by atoms with Gasteiger partial charge in [0.25, 0.3) is 0 Å². The Morgan fingerprint density at radius 1 is 0.788 bits per heavy atom. The van der Waals surface area contributed by atoms with Crippen molar-refractivity contribution in [3.8, 4) is 22.6 Å². The molecule has 0 aliphatic carbocycles. The standard InChI is InChI=1S/C30H22O3/c1-2-21-8-10-23(11-9-21)20-32-26-16-17-27-28(19-26)33-29(30(27)31)18-22-12-14-25(15-13-22)24-6-4-3-5-7-24/h2-19H,1,20H2. The molecule has 0 N–H and O–H groups in total. The largest absolute Gasteiger partial charge is 0.489 e. The Hall–Kier alpha value is -4.37. The molecule has 3 heteroatoms. The number of hydrogen-bond donors (Lipinski definition) is 0. The van der Waals surface area contributed by atoms with Gasteiger partial charge in [0.05, 0.1) is 5.56 Å². The first-order valence-electron chi connectivity index (χ1n) is 10.8. The molecule has 0 unspecified atom stereocenters. The lowest BCUT2D eigenvalue weighted by molar-refractivity contribution is 0.101. The minimum atomic E-state index is -0.122. The summed E-state index contributed by atoms with van der Waals surface area (Å²) in [5.41, 5.74) is 5.85. The van der Waals surface area contributed by atoms with Crippen LogP contribution < -0.4 is 9.47 Å². The van der Waals surface area contributed by atoms with Gasteiger partial charge in [-0.25, -0.2) is 0 Å². The van der Waals surface area contributed by atoms with Gasteiger partial charge < -0.3 is 9.47 Å². The van der Waals surface area contributed by atoms with Gasteiger partial charge in [0.15, 0.2) is 5.76 Å². The summed E-state index contributed by atoms with van der Waals surface area (Å²) in [7, 11) is 0. The van der Waals surface area contributed by atoms with Gasteiger partial charge in [0.2, 0.25) is 5.78 Å². The third-order valence-corrected chi connectivity index (χ3v) is 5.58. The van der Waals surface area contributed by atoms with Crippen molar-refractivity contribution in [1.29, 1.82) is 0 Å². The first kappa shape index (κ1) is 20.5. The molecule has 3 nitrogen and oxygen atoms in total. The Morgan fingerprint density at radius 3 is 2.21 bits per heavy atom. The summed E-state index contributed by atoms with van der Waals surface area (Å²) in [6, 6.07) is 31.6. The highest BCUT2D eigenvalue weighted by Crippen LogP contribution is 2.35. The molecule has 0 atom stereocenters. The zero-order chi connectivity index (χ0) is 22.6. The maximum atomic E-state index is 12.8. The van der Waals surface area contributed by atoms with Gasteiger partial charge in [-0.2, -0.15) is 0 Å². The van der Waals surface area contributed by atoms with Gasteiger partial charge in [-0.1, -0.05) is 91.5 Å². The van der Waals surface area contributed by atoms with Crippen LogP contribution in [0.4, 0.5) is 0 Å². The van der Waals surface area contributed by atoms with E-state index in [9.17, 15) is 4.79 Å². The molecule has 0 amide bonds. The lowest BCUT2D eigenvalue weighted by Crippen LogP contribution is -1.98. The van der Waals surface area contributed by atoms with E-state index in [0.29, 0.717) is 29.4 Å². The maximum absolute atomic E-state index is 12.8. The second kappa shape index (κ2) is 9.01. The first-order chi connectivity index (χ1) is 16.2. The minimum Gasteiger partial charge on any atom is -0.489 e. The summed E-state index contributed by atoms with van der Waals surface area (Å²) < 4.78 is 11.8. The van der Waals surface area contributed by atoms with Crippen LogP contribution in [0.5, 0.6) is 11.5 Å². The molecule has 1 aliphatic heterocycles. The number of ether oxygens (including phenoxy) is 2. The fourth-order valence-corrected chi connectivity index (χ4v) is 3.73. The van der Waals surface area contributed by atoms with Gasteiger partial charge in [-0.15, -0.1) is 0 Å². The quantitative estimate of drug-likeness (QED) is 0.304. The van der Waals surface area contributed by atoms with E-state index in [4.69, 9.17) is 9.47 Å². The first-order valence-corrected chi connectivity index (χ1v) is 10.8. The predicted octanol–water partition coefficient (Wildman–Crippen LogP) is 7.19. The van der Waals surface area contributed by atoms with Gasteiger partial charge >= 0.3 is 0 Å². The summed E-state index contributed by atoms with van der Waals surface area (Å²) in [6.07, 6.45) is 3.58. The van der Waals surface area contributed by atoms with Crippen molar-refractivity contribution in [2.24, 2.45) is 0 Å². The van der Waals surface area contributed by atoms with Crippen molar-refractivity contribution in [3.05, 3.63) is 132 Å². The molecule has 4 aromatic rings. The SMILES string of the molecule is C=Cc1ccc(COc2ccc3c(c2)OC(=Cc2ccc(-c4ccccc4)cc2)C3=O)cc1. The molecule has 4 aromatic carbocycles. The molecular formula is C30H22O3. The van der Waals surface area contributed by atoms with Crippen molar-refractivity contribution in [2.45, 2.75) is 6.61 Å². The van der Waals surface area contributed by atoms with Gasteiger partial charge in [-0.3, -0.25) is 4.79 Å². The summed E-state index contributed by atoms with van der Waals surface area (Å²) in [6.45, 7) is 4.20. The third-order valence-electron chi connectivity index (χ3n) is 5.58. The number of allylic oxidation sites excluding steroid dienone is 1. The smallest absolute Gasteiger partial charge is 0.231 e. The van der Waals surface area contributed by atoms with Crippen LogP contribution in [-0.4, -0.2) is 5.78 Å². The second-order valence-electron chi connectivity index (χ2n) is 7.82. The molecule has 1 heterocycles. The molecule has 0 fully saturated rings. The molecule has 0 bridgehead atoms. The summed E-state index contributed by atoms with van der Waals surface area (Å²) in [5.74, 6) is 1.37. The lowest BCUT2D eigenvalue weighted by Gasteiger charge is -2.07. The van der Waals surface area contributed by atoms with E-state index in [1.54, 1.807) is 24.3 Å². The zero-order valence-electron chi connectivity index (χ0n) is 18.0. The molecule has 0 saturated heterocycles. The fourth-order valence-electron chi connectivity index (χ4n) is 3.73. The Kier molecular flexibility index (Phi) is 5.61. The van der Waals surface area contributed by atoms with Crippen LogP contribution in [0.25, 0.3) is 23.3 Å². The topological polar surface area (TPSA) is 35.5 Å². The number of benzene rings is 4. The average molecular weight is 431 g/mol. The summed E-state index contributed by atoms with van der Waals surface area (Å²) in [5, 5.41) is 0. The van der Waals surface area contributed by atoms with Crippen LogP contribution >= 0.6 is 0 Å². The minimum absolute atomic E-state index is 0.122. The Labute approximate surface area is 193 Å². The number of carbonyl (C=O) groups is 1. The van der Waals surface area contributed by atoms with Crippen molar-refractivity contribution in [1.82, 2.24) is 0 Å². The van der Waals surface area contributed by atoms with E-state index in [2.05, 4.69) is 18.7 Å². The highest BCUT2D eigenvalue weighted by Gasteiger charge is 2.27. The molecule has 1 aliphatic rings. The third kappa shape index (κ3) is 4.48. The van der Waals surface area contributed by atoms with E-state index in [1.807, 2.05) is 72.8 Å². The number of carbonyl (C=O) groups excluding carboxylic acids is 1. The van der Waals surface area contributed by atoms with Crippen molar-refractivity contribution >= 4 is 17.9 Å². The monoisotopic (exact) mass is 430 g/mol. The molecular weight excluding hydrogens is 408 g/mol. The van der Waals surface area contributed by atoms with Crippen molar-refractivity contribution in [3.63, 3.8) is 0 Å². The van der Waals surface area contributed by atoms with Crippen LogP contribution in [0.3, 0.4) is 0 Å². The van der Waals surface area contributed by atoms with E-state index in [0.717, 1.165) is 27.8 Å². The second-order valence-corrected chi connectivity index (χ2v) is 7.82. The Balaban J connectivity index is 1.29. The van der Waals surface area contributed by atoms with Gasteiger partial charge in [0.1, 0.15) is 18.1 Å². The zero-order valence-corrected chi connectivity index (χ0v) is 18.0. The highest BCUT2D eigenvalue weighted by atomic mass is 16.5. The number of Topliss-reactive ketones (excluding diaryl/α,β-unsaturated/α-hetero) is 1. The Bertz CT molecular complexity index is 1330. The molecule has 0 spiro atoms. The van der Waals surface area contributed by atoms with E-state index < -0.39 is 0 Å².